The average Bonchev–Trinajstić information content (AvgIpc) is 2.95. The Morgan fingerprint density at radius 1 is 1.21 bits per heavy atom. The van der Waals surface area contributed by atoms with Crippen LogP contribution in [0.15, 0.2) is 8.68 Å². The molecule has 8 nitrogen and oxygen atoms in total. The summed E-state index contributed by atoms with van der Waals surface area (Å²) < 4.78 is 1.27. The van der Waals surface area contributed by atoms with E-state index in [4.69, 9.17) is 5.73 Å². The number of hydrogen-bond acceptors (Lipinski definition) is 8. The zero-order valence-corrected chi connectivity index (χ0v) is 16.2. The van der Waals surface area contributed by atoms with Crippen LogP contribution < -0.4 is 11.1 Å². The van der Waals surface area contributed by atoms with Gasteiger partial charge in [-0.3, -0.25) is 14.4 Å². The number of carbonyl (C=O) groups is 3. The molecule has 24 heavy (non-hydrogen) atoms. The second-order valence-electron chi connectivity index (χ2n) is 5.01. The number of primary amides is 1. The molecule has 0 saturated carbocycles. The highest BCUT2D eigenvalue weighted by Gasteiger charge is 2.17. The Kier molecular flexibility index (Phi) is 9.08. The van der Waals surface area contributed by atoms with Crippen LogP contribution in [-0.4, -0.2) is 63.5 Å². The van der Waals surface area contributed by atoms with Crippen molar-refractivity contribution in [3.05, 3.63) is 0 Å². The highest BCUT2D eigenvalue weighted by Crippen LogP contribution is 2.28. The predicted octanol–water partition coefficient (Wildman–Crippen LogP) is 0.581. The minimum Gasteiger partial charge on any atom is -0.369 e. The number of rotatable bonds is 10. The van der Waals surface area contributed by atoms with Crippen LogP contribution in [0.1, 0.15) is 20.8 Å². The maximum absolute atomic E-state index is 12.2. The fourth-order valence-corrected chi connectivity index (χ4v) is 4.24. The van der Waals surface area contributed by atoms with E-state index in [1.807, 2.05) is 20.8 Å². The third-order valence-electron chi connectivity index (χ3n) is 2.56. The zero-order chi connectivity index (χ0) is 18.1. The molecule has 0 spiro atoms. The Balaban J connectivity index is 2.45. The van der Waals surface area contributed by atoms with E-state index in [-0.39, 0.29) is 35.9 Å². The van der Waals surface area contributed by atoms with Crippen LogP contribution in [-0.2, 0) is 14.4 Å². The Morgan fingerprint density at radius 3 is 2.29 bits per heavy atom. The van der Waals surface area contributed by atoms with E-state index in [0.29, 0.717) is 15.2 Å². The van der Waals surface area contributed by atoms with E-state index in [2.05, 4.69) is 15.5 Å². The molecule has 1 heterocycles. The normalized spacial score (nSPS) is 10.7. The molecule has 134 valence electrons. The number of thioether (sulfide) groups is 2. The van der Waals surface area contributed by atoms with Crippen LogP contribution in [0.5, 0.6) is 0 Å². The van der Waals surface area contributed by atoms with Crippen molar-refractivity contribution in [2.24, 2.45) is 5.73 Å². The van der Waals surface area contributed by atoms with Crippen LogP contribution in [0.25, 0.3) is 0 Å². The largest absolute Gasteiger partial charge is 0.369 e. The fourth-order valence-electron chi connectivity index (χ4n) is 1.58. The summed E-state index contributed by atoms with van der Waals surface area (Å²) >= 11 is 3.78. The number of nitrogens with zero attached hydrogens (tertiary/aromatic N) is 3. The highest BCUT2D eigenvalue weighted by molar-refractivity contribution is 8.03. The van der Waals surface area contributed by atoms with Gasteiger partial charge in [-0.05, 0) is 20.8 Å². The van der Waals surface area contributed by atoms with E-state index in [1.165, 1.54) is 39.8 Å². The first-order valence-corrected chi connectivity index (χ1v) is 10.0. The van der Waals surface area contributed by atoms with Gasteiger partial charge < -0.3 is 16.0 Å². The van der Waals surface area contributed by atoms with Crippen LogP contribution in [0.3, 0.4) is 0 Å². The fraction of sp³-hybridized carbons (Fsp3) is 0.615. The molecule has 0 atom stereocenters. The number of aromatic nitrogens is 2. The second-order valence-corrected chi connectivity index (χ2v) is 8.43. The van der Waals surface area contributed by atoms with Crippen molar-refractivity contribution in [1.29, 1.82) is 0 Å². The van der Waals surface area contributed by atoms with Gasteiger partial charge in [-0.1, -0.05) is 34.9 Å². The lowest BCUT2D eigenvalue weighted by Crippen LogP contribution is -2.43. The van der Waals surface area contributed by atoms with Crippen molar-refractivity contribution in [3.63, 3.8) is 0 Å². The Morgan fingerprint density at radius 2 is 1.79 bits per heavy atom. The minimum atomic E-state index is -0.419. The van der Waals surface area contributed by atoms with Crippen LogP contribution in [0.4, 0.5) is 0 Å². The third kappa shape index (κ3) is 7.97. The molecule has 1 rings (SSSR count). The summed E-state index contributed by atoms with van der Waals surface area (Å²) in [7, 11) is 0. The summed E-state index contributed by atoms with van der Waals surface area (Å²) in [5.74, 6) is -0.405. The number of amides is 3. The molecular formula is C13H21N5O3S3. The lowest BCUT2D eigenvalue weighted by molar-refractivity contribution is -0.134. The maximum Gasteiger partial charge on any atom is 0.239 e. The summed E-state index contributed by atoms with van der Waals surface area (Å²) in [6.07, 6.45) is 0. The van der Waals surface area contributed by atoms with Crippen molar-refractivity contribution in [1.82, 2.24) is 20.4 Å². The van der Waals surface area contributed by atoms with Gasteiger partial charge in [0.2, 0.25) is 17.7 Å². The van der Waals surface area contributed by atoms with Crippen molar-refractivity contribution < 1.29 is 14.4 Å². The first-order chi connectivity index (χ1) is 11.3. The molecule has 0 aliphatic heterocycles. The monoisotopic (exact) mass is 391 g/mol. The van der Waals surface area contributed by atoms with E-state index < -0.39 is 5.91 Å². The number of nitrogens with two attached hydrogens (primary N) is 1. The average molecular weight is 392 g/mol. The molecule has 0 aliphatic rings. The van der Waals surface area contributed by atoms with E-state index in [0.717, 1.165) is 0 Å². The molecule has 11 heteroatoms. The van der Waals surface area contributed by atoms with E-state index in [9.17, 15) is 14.4 Å². The summed E-state index contributed by atoms with van der Waals surface area (Å²) in [5.41, 5.74) is 5.07. The molecule has 0 aromatic carbocycles. The highest BCUT2D eigenvalue weighted by atomic mass is 32.2. The van der Waals surface area contributed by atoms with E-state index >= 15 is 0 Å². The van der Waals surface area contributed by atoms with Crippen molar-refractivity contribution in [3.8, 4) is 0 Å². The van der Waals surface area contributed by atoms with Gasteiger partial charge in [0.15, 0.2) is 8.68 Å². The quantitative estimate of drug-likeness (QED) is 0.560. The number of hydrogen-bond donors (Lipinski definition) is 2. The lowest BCUT2D eigenvalue weighted by atomic mass is 10.3. The second kappa shape index (κ2) is 10.5. The number of carbonyl (C=O) groups excluding carboxylic acids is 3. The van der Waals surface area contributed by atoms with Crippen LogP contribution in [0.2, 0.25) is 0 Å². The van der Waals surface area contributed by atoms with Gasteiger partial charge in [0, 0.05) is 12.6 Å². The predicted molar refractivity (Wildman–Crippen MR) is 96.1 cm³/mol. The molecular weight excluding hydrogens is 370 g/mol. The van der Waals surface area contributed by atoms with Gasteiger partial charge in [-0.2, -0.15) is 0 Å². The molecule has 0 fully saturated rings. The summed E-state index contributed by atoms with van der Waals surface area (Å²) in [5, 5.41) is 10.6. The number of nitrogens with one attached hydrogen (secondary N) is 1. The third-order valence-corrected chi connectivity index (χ3v) is 5.76. The molecule has 1 aromatic rings. The molecule has 0 bridgehead atoms. The summed E-state index contributed by atoms with van der Waals surface area (Å²) in [6, 6.07) is 0.0402. The summed E-state index contributed by atoms with van der Waals surface area (Å²) in [6.45, 7) is 6.07. The topological polar surface area (TPSA) is 118 Å². The lowest BCUT2D eigenvalue weighted by Gasteiger charge is -2.20. The van der Waals surface area contributed by atoms with Gasteiger partial charge >= 0.3 is 0 Å². The van der Waals surface area contributed by atoms with Gasteiger partial charge in [0.25, 0.3) is 0 Å². The van der Waals surface area contributed by atoms with Crippen LogP contribution >= 0.6 is 34.9 Å². The van der Waals surface area contributed by atoms with Gasteiger partial charge in [0.1, 0.15) is 0 Å². The first-order valence-electron chi connectivity index (χ1n) is 7.26. The smallest absolute Gasteiger partial charge is 0.239 e. The number of likely N-dealkylation sites (N-methyl/N-ethyl adjacent to an activating group) is 1. The first kappa shape index (κ1) is 20.7. The Hall–Kier alpha value is -1.33. The van der Waals surface area contributed by atoms with Crippen LogP contribution in [0, 0.1) is 0 Å². The Labute approximate surface area is 153 Å². The van der Waals surface area contributed by atoms with Crippen molar-refractivity contribution in [2.75, 3.05) is 24.6 Å². The molecule has 3 amide bonds. The molecule has 1 aromatic heterocycles. The maximum atomic E-state index is 12.2. The zero-order valence-electron chi connectivity index (χ0n) is 13.8. The van der Waals surface area contributed by atoms with Gasteiger partial charge in [-0.25, -0.2) is 0 Å². The molecule has 0 radical (unpaired) electrons. The van der Waals surface area contributed by atoms with Crippen molar-refractivity contribution >= 4 is 52.6 Å². The molecule has 0 aliphatic carbocycles. The minimum absolute atomic E-state index is 0.0402. The SMILES string of the molecule is CCN(CC(=O)NC(C)C)C(=O)CSc1nnc(SCC(N)=O)s1. The van der Waals surface area contributed by atoms with Gasteiger partial charge in [-0.15, -0.1) is 10.2 Å². The van der Waals surface area contributed by atoms with Crippen molar-refractivity contribution in [2.45, 2.75) is 35.5 Å². The molecule has 0 unspecified atom stereocenters. The standard InChI is InChI=1S/C13H21N5O3S3/c1-4-18(5-10(20)15-8(2)3)11(21)7-23-13-17-16-12(24-13)22-6-9(14)19/h8H,4-7H2,1-3H3,(H2,14,19)(H,15,20). The van der Waals surface area contributed by atoms with E-state index in [1.54, 1.807) is 0 Å². The molecule has 3 N–H and O–H groups in total. The molecule has 0 saturated heterocycles. The van der Waals surface area contributed by atoms with Gasteiger partial charge in [0.05, 0.1) is 18.1 Å². The summed E-state index contributed by atoms with van der Waals surface area (Å²) in [4.78, 5) is 36.2. The Bertz CT molecular complexity index is 579.